The van der Waals surface area contributed by atoms with Crippen LogP contribution in [0.2, 0.25) is 0 Å². The van der Waals surface area contributed by atoms with Crippen LogP contribution in [-0.4, -0.2) is 82.0 Å². The number of hydrogen-bond acceptors (Lipinski definition) is 7. The number of carboxylic acids is 4. The number of likely N-dealkylation sites (tertiary alicyclic amines) is 1. The molecule has 0 radical (unpaired) electrons. The van der Waals surface area contributed by atoms with Crippen LogP contribution in [0.15, 0.2) is 42.5 Å². The first-order chi connectivity index (χ1) is 17.7. The fourth-order valence-corrected chi connectivity index (χ4v) is 3.12. The van der Waals surface area contributed by atoms with Crippen LogP contribution in [0.3, 0.4) is 0 Å². The summed E-state index contributed by atoms with van der Waals surface area (Å²) in [6.45, 7) is 5.57. The molecule has 1 atom stereocenters. The maximum atomic E-state index is 12.9. The average molecular weight is 549 g/mol. The monoisotopic (exact) mass is 548 g/mol. The molecule has 1 aliphatic rings. The molecule has 0 bridgehead atoms. The summed E-state index contributed by atoms with van der Waals surface area (Å²) in [6, 6.07) is 3.71. The van der Waals surface area contributed by atoms with Gasteiger partial charge in [-0.3, -0.25) is 0 Å². The molecule has 0 spiro atoms. The molecule has 1 fully saturated rings. The van der Waals surface area contributed by atoms with Crippen molar-refractivity contribution in [3.8, 4) is 5.75 Å². The molecular formula is C24H31F3N2O9. The van der Waals surface area contributed by atoms with E-state index in [1.165, 1.54) is 12.1 Å². The number of carbonyl (C=O) groups is 4. The Morgan fingerprint density at radius 3 is 1.87 bits per heavy atom. The van der Waals surface area contributed by atoms with Crippen LogP contribution in [0.1, 0.15) is 24.5 Å². The van der Waals surface area contributed by atoms with Gasteiger partial charge in [-0.25, -0.2) is 19.2 Å². The Morgan fingerprint density at radius 1 is 1.00 bits per heavy atom. The zero-order chi connectivity index (χ0) is 29.3. The van der Waals surface area contributed by atoms with E-state index in [-0.39, 0.29) is 0 Å². The Labute approximate surface area is 216 Å². The highest BCUT2D eigenvalue weighted by Crippen LogP contribution is 2.33. The van der Waals surface area contributed by atoms with E-state index in [1.807, 2.05) is 6.92 Å². The van der Waals surface area contributed by atoms with Crippen LogP contribution in [0.4, 0.5) is 13.2 Å². The van der Waals surface area contributed by atoms with Gasteiger partial charge >= 0.3 is 30.1 Å². The molecule has 212 valence electrons. The fourth-order valence-electron chi connectivity index (χ4n) is 3.12. The second kappa shape index (κ2) is 17.5. The number of alkyl halides is 3. The van der Waals surface area contributed by atoms with Gasteiger partial charge in [0.05, 0.1) is 12.2 Å². The van der Waals surface area contributed by atoms with E-state index in [1.54, 1.807) is 0 Å². The zero-order valence-corrected chi connectivity index (χ0v) is 20.6. The number of hydrogen-bond donors (Lipinski definition) is 5. The van der Waals surface area contributed by atoms with E-state index in [4.69, 9.17) is 30.9 Å². The van der Waals surface area contributed by atoms with Crippen molar-refractivity contribution in [3.63, 3.8) is 0 Å². The molecule has 6 N–H and O–H groups in total. The second-order valence-corrected chi connectivity index (χ2v) is 7.71. The van der Waals surface area contributed by atoms with Gasteiger partial charge in [-0.2, -0.15) is 13.2 Å². The molecule has 14 heteroatoms. The lowest BCUT2D eigenvalue weighted by Gasteiger charge is -2.18. The number of aliphatic carboxylic acids is 4. The van der Waals surface area contributed by atoms with Gasteiger partial charge in [0.2, 0.25) is 0 Å². The van der Waals surface area contributed by atoms with Crippen LogP contribution in [-0.2, 0) is 31.8 Å². The lowest BCUT2D eigenvalue weighted by molar-refractivity contribution is -0.137. The summed E-state index contributed by atoms with van der Waals surface area (Å²) in [4.78, 5) is 40.5. The lowest BCUT2D eigenvalue weighted by atomic mass is 10.1. The highest BCUT2D eigenvalue weighted by molar-refractivity contribution is 5.90. The fraction of sp³-hybridized carbons (Fsp3) is 0.417. The van der Waals surface area contributed by atoms with E-state index in [0.29, 0.717) is 61.1 Å². The molecule has 38 heavy (non-hydrogen) atoms. The number of halogens is 3. The first-order valence-electron chi connectivity index (χ1n) is 11.2. The topological polar surface area (TPSA) is 188 Å². The number of ether oxygens (including phenoxy) is 1. The standard InChI is InChI=1S/C16H23F3N2O.2C4H4O4/c1-2-22-15-4-3-14(16(17,18)19)9-13(15)6-8-21-7-5-12(10-20)11-21;2*5-3(6)1-2-4(7)8/h3-4,9,12H,2,5-8,10-11,20H2,1H3;2*1-2H,(H,5,6)(H,7,8)/b;2*2-1+/t12-;;/m0../s1. The summed E-state index contributed by atoms with van der Waals surface area (Å²) in [5, 5.41) is 31.2. The molecule has 11 nitrogen and oxygen atoms in total. The van der Waals surface area contributed by atoms with Crippen molar-refractivity contribution in [2.45, 2.75) is 25.9 Å². The van der Waals surface area contributed by atoms with Gasteiger partial charge in [0.25, 0.3) is 0 Å². The van der Waals surface area contributed by atoms with E-state index in [0.717, 1.165) is 32.1 Å². The van der Waals surface area contributed by atoms with Crippen LogP contribution >= 0.6 is 0 Å². The lowest BCUT2D eigenvalue weighted by Crippen LogP contribution is -2.25. The highest BCUT2D eigenvalue weighted by Gasteiger charge is 2.31. The normalized spacial score (nSPS) is 15.3. The maximum absolute atomic E-state index is 12.9. The summed E-state index contributed by atoms with van der Waals surface area (Å²) in [6.07, 6.45) is -0.471. The van der Waals surface area contributed by atoms with E-state index >= 15 is 0 Å². The molecule has 1 aromatic rings. The molecule has 2 rings (SSSR count). The van der Waals surface area contributed by atoms with Crippen LogP contribution in [0.25, 0.3) is 0 Å². The van der Waals surface area contributed by atoms with Gasteiger partial charge in [0, 0.05) is 37.4 Å². The third kappa shape index (κ3) is 16.0. The van der Waals surface area contributed by atoms with Crippen molar-refractivity contribution in [2.75, 3.05) is 32.8 Å². The van der Waals surface area contributed by atoms with E-state index < -0.39 is 35.6 Å². The minimum atomic E-state index is -4.32. The molecule has 1 aliphatic heterocycles. The van der Waals surface area contributed by atoms with Crippen LogP contribution in [0, 0.1) is 5.92 Å². The predicted octanol–water partition coefficient (Wildman–Crippen LogP) is 2.35. The van der Waals surface area contributed by atoms with E-state index in [9.17, 15) is 32.3 Å². The zero-order valence-electron chi connectivity index (χ0n) is 20.6. The summed E-state index contributed by atoms with van der Waals surface area (Å²) < 4.78 is 44.0. The molecule has 0 saturated carbocycles. The van der Waals surface area contributed by atoms with Crippen LogP contribution in [0.5, 0.6) is 5.75 Å². The summed E-state index contributed by atoms with van der Waals surface area (Å²) in [5.74, 6) is -3.97. The summed E-state index contributed by atoms with van der Waals surface area (Å²) in [7, 11) is 0. The second-order valence-electron chi connectivity index (χ2n) is 7.71. The van der Waals surface area contributed by atoms with Gasteiger partial charge < -0.3 is 35.8 Å². The summed E-state index contributed by atoms with van der Waals surface area (Å²) in [5.41, 5.74) is 5.66. The minimum Gasteiger partial charge on any atom is -0.494 e. The average Bonchev–Trinajstić information content (AvgIpc) is 3.29. The van der Waals surface area contributed by atoms with Crippen molar-refractivity contribution >= 4 is 23.9 Å². The predicted molar refractivity (Wildman–Crippen MR) is 129 cm³/mol. The highest BCUT2D eigenvalue weighted by atomic mass is 19.4. The molecule has 0 amide bonds. The molecule has 1 heterocycles. The molecule has 0 aromatic heterocycles. The van der Waals surface area contributed by atoms with Gasteiger partial charge in [-0.15, -0.1) is 0 Å². The molecule has 1 aromatic carbocycles. The molecule has 1 saturated heterocycles. The van der Waals surface area contributed by atoms with Gasteiger partial charge in [-0.05, 0) is 62.5 Å². The Kier molecular flexibility index (Phi) is 15.7. The number of nitrogens with zero attached hydrogens (tertiary/aromatic N) is 1. The van der Waals surface area contributed by atoms with Crippen molar-refractivity contribution in [3.05, 3.63) is 53.6 Å². The number of rotatable bonds is 10. The third-order valence-electron chi connectivity index (χ3n) is 4.83. The SMILES string of the molecule is CCOc1ccc(C(F)(F)F)cc1CCN1CC[C@@H](CN)C1.O=C(O)/C=C/C(=O)O.O=C(O)/C=C/C(=O)O. The van der Waals surface area contributed by atoms with Crippen molar-refractivity contribution < 1.29 is 57.5 Å². The van der Waals surface area contributed by atoms with Gasteiger partial charge in [0.15, 0.2) is 0 Å². The van der Waals surface area contributed by atoms with Gasteiger partial charge in [0.1, 0.15) is 5.75 Å². The Hall–Kier alpha value is -3.91. The number of nitrogens with two attached hydrogens (primary N) is 1. The smallest absolute Gasteiger partial charge is 0.416 e. The largest absolute Gasteiger partial charge is 0.494 e. The maximum Gasteiger partial charge on any atom is 0.416 e. The number of benzene rings is 1. The van der Waals surface area contributed by atoms with E-state index in [2.05, 4.69) is 4.90 Å². The quantitative estimate of drug-likeness (QED) is 0.270. The Balaban J connectivity index is 0.000000705. The number of carboxylic acid groups (broad SMARTS) is 4. The first-order valence-corrected chi connectivity index (χ1v) is 11.2. The van der Waals surface area contributed by atoms with Crippen molar-refractivity contribution in [2.24, 2.45) is 11.7 Å². The first kappa shape index (κ1) is 34.1. The molecule has 0 unspecified atom stereocenters. The Bertz CT molecular complexity index is 929. The van der Waals surface area contributed by atoms with Crippen molar-refractivity contribution in [1.29, 1.82) is 0 Å². The minimum absolute atomic E-state index is 0.442. The van der Waals surface area contributed by atoms with Gasteiger partial charge in [-0.1, -0.05) is 0 Å². The third-order valence-corrected chi connectivity index (χ3v) is 4.83. The molecular weight excluding hydrogens is 517 g/mol. The summed E-state index contributed by atoms with van der Waals surface area (Å²) >= 11 is 0. The van der Waals surface area contributed by atoms with Crippen molar-refractivity contribution in [1.82, 2.24) is 4.90 Å². The Morgan fingerprint density at radius 2 is 1.50 bits per heavy atom. The van der Waals surface area contributed by atoms with Crippen LogP contribution < -0.4 is 10.5 Å². The molecule has 0 aliphatic carbocycles.